The Morgan fingerprint density at radius 2 is 1.93 bits per heavy atom. The molecule has 0 aliphatic heterocycles. The van der Waals surface area contributed by atoms with Crippen molar-refractivity contribution < 1.29 is 9.84 Å². The van der Waals surface area contributed by atoms with Gasteiger partial charge in [0.2, 0.25) is 0 Å². The monoisotopic (exact) mass is 380 g/mol. The van der Waals surface area contributed by atoms with Crippen molar-refractivity contribution in [3.63, 3.8) is 0 Å². The van der Waals surface area contributed by atoms with Gasteiger partial charge in [-0.15, -0.1) is 0 Å². The van der Waals surface area contributed by atoms with E-state index in [1.807, 2.05) is 16.5 Å². The largest absolute Gasteiger partial charge is 0.506 e. The molecule has 4 rings (SSSR count). The Hall–Kier alpha value is -3.06. The van der Waals surface area contributed by atoms with E-state index in [4.69, 9.17) is 4.74 Å². The quantitative estimate of drug-likeness (QED) is 0.480. The smallest absolute Gasteiger partial charge is 0.191 e. The number of imidazole rings is 1. The summed E-state index contributed by atoms with van der Waals surface area (Å²) in [6.45, 7) is 7.87. The normalized spacial score (nSPS) is 11.9. The van der Waals surface area contributed by atoms with Gasteiger partial charge >= 0.3 is 0 Å². The van der Waals surface area contributed by atoms with E-state index in [-0.39, 0.29) is 16.6 Å². The molecule has 2 aromatic heterocycles. The Morgan fingerprint density at radius 1 is 1.14 bits per heavy atom. The molecule has 7 heteroatoms. The number of benzene rings is 2. The predicted molar refractivity (Wildman–Crippen MR) is 112 cm³/mol. The Kier molecular flexibility index (Phi) is 4.68. The molecule has 28 heavy (non-hydrogen) atoms. The Balaban J connectivity index is 1.94. The van der Waals surface area contributed by atoms with E-state index >= 15 is 0 Å². The predicted octanol–water partition coefficient (Wildman–Crippen LogP) is 2.91. The van der Waals surface area contributed by atoms with Crippen LogP contribution >= 0.6 is 0 Å². The molecule has 0 unspecified atom stereocenters. The van der Waals surface area contributed by atoms with Crippen molar-refractivity contribution in [2.75, 3.05) is 38.6 Å². The highest BCUT2D eigenvalue weighted by molar-refractivity contribution is 6.13. The number of nitrogens with zero attached hydrogens (tertiary/aromatic N) is 3. The van der Waals surface area contributed by atoms with Gasteiger partial charge in [0.25, 0.3) is 0 Å². The fourth-order valence-electron chi connectivity index (χ4n) is 3.86. The molecule has 0 saturated heterocycles. The average Bonchev–Trinajstić information content (AvgIpc) is 3.14. The SMILES string of the molecule is CCN(CC)CCNc1ccc2ncn3c4c(OC)ccc(=O)c4c(O)c1c23. The fraction of sp³-hybridized carbons (Fsp3) is 0.333. The topological polar surface area (TPSA) is 79.1 Å². The molecule has 0 amide bonds. The number of pyridine rings is 1. The van der Waals surface area contributed by atoms with Gasteiger partial charge in [0.05, 0.1) is 28.9 Å². The number of ether oxygens (including phenoxy) is 1. The molecule has 4 aromatic rings. The number of likely N-dealkylation sites (N-methyl/N-ethyl adjacent to an activating group) is 1. The third-order valence-corrected chi connectivity index (χ3v) is 5.38. The Morgan fingerprint density at radius 3 is 2.64 bits per heavy atom. The molecule has 0 bridgehead atoms. The van der Waals surface area contributed by atoms with Crippen LogP contribution in [0.2, 0.25) is 0 Å². The first-order valence-electron chi connectivity index (χ1n) is 9.52. The fourth-order valence-corrected chi connectivity index (χ4v) is 3.86. The van der Waals surface area contributed by atoms with Crippen molar-refractivity contribution in [1.82, 2.24) is 14.3 Å². The lowest BCUT2D eigenvalue weighted by molar-refractivity contribution is 0.316. The number of aromatic hydroxyl groups is 1. The third-order valence-electron chi connectivity index (χ3n) is 5.38. The second-order valence-electron chi connectivity index (χ2n) is 6.76. The summed E-state index contributed by atoms with van der Waals surface area (Å²) in [7, 11) is 1.55. The summed E-state index contributed by atoms with van der Waals surface area (Å²) in [4.78, 5) is 19.4. The summed E-state index contributed by atoms with van der Waals surface area (Å²) in [5.41, 5.74) is 2.58. The molecule has 7 nitrogen and oxygen atoms in total. The van der Waals surface area contributed by atoms with E-state index in [0.717, 1.165) is 42.9 Å². The maximum atomic E-state index is 12.6. The van der Waals surface area contributed by atoms with Crippen molar-refractivity contribution in [1.29, 1.82) is 0 Å². The minimum absolute atomic E-state index is 0.0390. The van der Waals surface area contributed by atoms with Crippen LogP contribution in [-0.2, 0) is 0 Å². The van der Waals surface area contributed by atoms with Crippen molar-refractivity contribution in [2.24, 2.45) is 0 Å². The van der Waals surface area contributed by atoms with E-state index in [9.17, 15) is 9.90 Å². The number of rotatable bonds is 7. The van der Waals surface area contributed by atoms with Crippen molar-refractivity contribution in [3.05, 3.63) is 40.8 Å². The van der Waals surface area contributed by atoms with Gasteiger partial charge in [0.15, 0.2) is 5.43 Å². The summed E-state index contributed by atoms with van der Waals surface area (Å²) in [6.07, 6.45) is 1.67. The number of aromatic nitrogens is 2. The first kappa shape index (κ1) is 18.3. The molecule has 0 saturated carbocycles. The molecule has 146 valence electrons. The Labute approximate surface area is 162 Å². The van der Waals surface area contributed by atoms with Crippen LogP contribution in [0.15, 0.2) is 35.4 Å². The van der Waals surface area contributed by atoms with Crippen LogP contribution in [0, 0.1) is 0 Å². The number of methoxy groups -OCH3 is 1. The number of anilines is 1. The maximum absolute atomic E-state index is 12.6. The van der Waals surface area contributed by atoms with Crippen LogP contribution in [0.1, 0.15) is 13.8 Å². The summed E-state index contributed by atoms with van der Waals surface area (Å²) in [5, 5.41) is 15.4. The highest BCUT2D eigenvalue weighted by atomic mass is 16.5. The van der Waals surface area contributed by atoms with Gasteiger partial charge in [0, 0.05) is 18.8 Å². The molecular weight excluding hydrogens is 356 g/mol. The molecule has 0 radical (unpaired) electrons. The molecule has 2 N–H and O–H groups in total. The lowest BCUT2D eigenvalue weighted by Crippen LogP contribution is -2.28. The average molecular weight is 380 g/mol. The zero-order chi connectivity index (χ0) is 19.8. The molecule has 0 atom stereocenters. The molecule has 2 aromatic carbocycles. The summed E-state index contributed by atoms with van der Waals surface area (Å²) < 4.78 is 7.27. The van der Waals surface area contributed by atoms with Crippen LogP contribution in [0.3, 0.4) is 0 Å². The lowest BCUT2D eigenvalue weighted by atomic mass is 10.1. The summed E-state index contributed by atoms with van der Waals surface area (Å²) >= 11 is 0. The molecule has 2 heterocycles. The molecule has 0 fully saturated rings. The minimum Gasteiger partial charge on any atom is -0.506 e. The van der Waals surface area contributed by atoms with Crippen LogP contribution in [0.25, 0.3) is 27.3 Å². The van der Waals surface area contributed by atoms with Crippen molar-refractivity contribution in [2.45, 2.75) is 13.8 Å². The van der Waals surface area contributed by atoms with Crippen LogP contribution in [0.5, 0.6) is 11.5 Å². The second kappa shape index (κ2) is 7.16. The van der Waals surface area contributed by atoms with E-state index in [0.29, 0.717) is 16.7 Å². The van der Waals surface area contributed by atoms with E-state index in [1.54, 1.807) is 19.5 Å². The van der Waals surface area contributed by atoms with Gasteiger partial charge in [-0.3, -0.25) is 9.20 Å². The maximum Gasteiger partial charge on any atom is 0.191 e. The number of hydrogen-bond acceptors (Lipinski definition) is 6. The van der Waals surface area contributed by atoms with Gasteiger partial charge in [-0.05, 0) is 37.4 Å². The second-order valence-corrected chi connectivity index (χ2v) is 6.76. The molecule has 0 aliphatic rings. The summed E-state index contributed by atoms with van der Waals surface area (Å²) in [6, 6.07) is 6.87. The van der Waals surface area contributed by atoms with E-state index < -0.39 is 0 Å². The zero-order valence-electron chi connectivity index (χ0n) is 16.3. The lowest BCUT2D eigenvalue weighted by Gasteiger charge is -2.19. The van der Waals surface area contributed by atoms with Crippen molar-refractivity contribution >= 4 is 33.0 Å². The van der Waals surface area contributed by atoms with Gasteiger partial charge < -0.3 is 20.1 Å². The minimum atomic E-state index is -0.251. The van der Waals surface area contributed by atoms with Gasteiger partial charge in [-0.2, -0.15) is 0 Å². The van der Waals surface area contributed by atoms with Gasteiger partial charge in [-0.1, -0.05) is 13.8 Å². The zero-order valence-corrected chi connectivity index (χ0v) is 16.3. The van der Waals surface area contributed by atoms with Crippen LogP contribution < -0.4 is 15.5 Å². The van der Waals surface area contributed by atoms with Crippen LogP contribution in [0.4, 0.5) is 5.69 Å². The van der Waals surface area contributed by atoms with Gasteiger partial charge in [0.1, 0.15) is 23.3 Å². The highest BCUT2D eigenvalue weighted by Crippen LogP contribution is 2.41. The number of hydrogen-bond donors (Lipinski definition) is 2. The first-order valence-corrected chi connectivity index (χ1v) is 9.52. The van der Waals surface area contributed by atoms with Crippen LogP contribution in [-0.4, -0.2) is 52.7 Å². The molecular formula is C21H24N4O3. The number of fused-ring (bicyclic) bond motifs is 2. The highest BCUT2D eigenvalue weighted by Gasteiger charge is 2.21. The standard InChI is InChI=1S/C21H24N4O3/c1-4-24(5-2)11-10-22-13-6-7-14-19-17(13)21(27)18-15(26)8-9-16(28-3)20(18)25(19)12-23-14/h6-9,12,22,27H,4-5,10-11H2,1-3H3. The van der Waals surface area contributed by atoms with Gasteiger partial charge in [-0.25, -0.2) is 4.98 Å². The third kappa shape index (κ3) is 2.70. The van der Waals surface area contributed by atoms with Crippen molar-refractivity contribution in [3.8, 4) is 11.5 Å². The number of nitrogens with one attached hydrogen (secondary N) is 1. The first-order chi connectivity index (χ1) is 13.6. The van der Waals surface area contributed by atoms with E-state index in [1.165, 1.54) is 6.07 Å². The molecule has 0 aliphatic carbocycles. The Bertz CT molecular complexity index is 1200. The van der Waals surface area contributed by atoms with E-state index in [2.05, 4.69) is 29.0 Å². The molecule has 0 spiro atoms. The summed E-state index contributed by atoms with van der Waals surface area (Å²) in [5.74, 6) is 0.480.